The summed E-state index contributed by atoms with van der Waals surface area (Å²) in [6, 6.07) is 7.81. The predicted octanol–water partition coefficient (Wildman–Crippen LogP) is 2.09. The highest BCUT2D eigenvalue weighted by Gasteiger charge is 2.45. The van der Waals surface area contributed by atoms with Crippen LogP contribution in [0.5, 0.6) is 0 Å². The Morgan fingerprint density at radius 3 is 2.54 bits per heavy atom. The zero-order valence-electron chi connectivity index (χ0n) is 25.9. The molecule has 248 valence electrons. The van der Waals surface area contributed by atoms with Crippen LogP contribution in [0.15, 0.2) is 40.9 Å². The van der Waals surface area contributed by atoms with Crippen LogP contribution in [0.2, 0.25) is 0 Å². The van der Waals surface area contributed by atoms with Crippen molar-refractivity contribution in [2.24, 2.45) is 5.16 Å². The standard InChI is InChI=1S/C29H36N6O10S/c1-28(2,3)44-26(40)33-25-31-19(15-46-25)21(34-45-29(4,5)24(38)39)23(37)32-20-18(30-22(20)36)12-35-11-17(43-27(35)41)14-42-13-16-9-7-6-8-10-16/h6-10,15,17-18,20H,11-14H2,1-5H3,(H,30,36)(H,32,37)(H,38,39)(H,31,33,40)/t17-,18-,20+/m1/s1. The molecule has 2 aliphatic heterocycles. The minimum Gasteiger partial charge on any atom is -0.478 e. The Hall–Kier alpha value is -4.77. The average molecular weight is 661 g/mol. The van der Waals surface area contributed by atoms with Gasteiger partial charge in [0.2, 0.25) is 11.5 Å². The number of carbonyl (C=O) groups excluding carboxylic acids is 4. The third-order valence-corrected chi connectivity index (χ3v) is 7.29. The summed E-state index contributed by atoms with van der Waals surface area (Å²) < 4.78 is 16.3. The maximum absolute atomic E-state index is 13.4. The predicted molar refractivity (Wildman–Crippen MR) is 163 cm³/mol. The monoisotopic (exact) mass is 660 g/mol. The first-order chi connectivity index (χ1) is 21.6. The summed E-state index contributed by atoms with van der Waals surface area (Å²) >= 11 is 0.952. The number of carboxylic acid groups (broad SMARTS) is 1. The average Bonchev–Trinajstić information content (AvgIpc) is 3.56. The number of thiazole rings is 1. The summed E-state index contributed by atoms with van der Waals surface area (Å²) in [7, 11) is 0. The van der Waals surface area contributed by atoms with Gasteiger partial charge < -0.3 is 39.7 Å². The van der Waals surface area contributed by atoms with Crippen LogP contribution < -0.4 is 16.0 Å². The number of anilines is 1. The lowest BCUT2D eigenvalue weighted by Gasteiger charge is -2.38. The molecule has 2 aliphatic rings. The van der Waals surface area contributed by atoms with E-state index < -0.39 is 65.1 Å². The van der Waals surface area contributed by atoms with Crippen molar-refractivity contribution >= 4 is 52.2 Å². The number of nitrogens with zero attached hydrogens (tertiary/aromatic N) is 3. The Kier molecular flexibility index (Phi) is 10.5. The first-order valence-corrected chi connectivity index (χ1v) is 15.1. The van der Waals surface area contributed by atoms with Gasteiger partial charge in [0.05, 0.1) is 25.8 Å². The third-order valence-electron chi connectivity index (χ3n) is 6.53. The van der Waals surface area contributed by atoms with Crippen molar-refractivity contribution in [1.82, 2.24) is 20.5 Å². The van der Waals surface area contributed by atoms with E-state index in [1.165, 1.54) is 24.1 Å². The van der Waals surface area contributed by atoms with Gasteiger partial charge in [-0.05, 0) is 40.2 Å². The number of hydrogen-bond acceptors (Lipinski definition) is 12. The van der Waals surface area contributed by atoms with Gasteiger partial charge in [0.15, 0.2) is 10.8 Å². The molecule has 4 N–H and O–H groups in total. The van der Waals surface area contributed by atoms with Crippen molar-refractivity contribution in [3.8, 4) is 0 Å². The van der Waals surface area contributed by atoms with E-state index in [4.69, 9.17) is 19.0 Å². The van der Waals surface area contributed by atoms with E-state index in [0.29, 0.717) is 6.61 Å². The van der Waals surface area contributed by atoms with Gasteiger partial charge in [-0.25, -0.2) is 19.4 Å². The van der Waals surface area contributed by atoms with Gasteiger partial charge in [-0.3, -0.25) is 14.9 Å². The van der Waals surface area contributed by atoms with Crippen LogP contribution in [-0.4, -0.2) is 99.8 Å². The van der Waals surface area contributed by atoms with Gasteiger partial charge in [-0.15, -0.1) is 11.3 Å². The number of aromatic nitrogens is 1. The molecule has 1 aromatic carbocycles. The number of carboxylic acids is 1. The molecule has 3 atom stereocenters. The number of ether oxygens (including phenoxy) is 3. The first-order valence-electron chi connectivity index (χ1n) is 14.3. The largest absolute Gasteiger partial charge is 0.478 e. The van der Waals surface area contributed by atoms with Gasteiger partial charge in [0.1, 0.15) is 23.4 Å². The molecule has 0 unspecified atom stereocenters. The van der Waals surface area contributed by atoms with Crippen LogP contribution in [0.25, 0.3) is 0 Å². The van der Waals surface area contributed by atoms with Crippen molar-refractivity contribution < 1.29 is 48.1 Å². The second-order valence-corrected chi connectivity index (χ2v) is 12.8. The molecule has 4 amide bonds. The normalized spacial score (nSPS) is 19.9. The molecular weight excluding hydrogens is 624 g/mol. The summed E-state index contributed by atoms with van der Waals surface area (Å²) in [6.45, 7) is 8.33. The van der Waals surface area contributed by atoms with Gasteiger partial charge in [0.25, 0.3) is 5.91 Å². The van der Waals surface area contributed by atoms with Gasteiger partial charge in [-0.1, -0.05) is 35.5 Å². The molecule has 46 heavy (non-hydrogen) atoms. The number of β-lactam (4-membered cyclic amide) rings is 1. The Labute approximate surface area is 268 Å². The molecule has 0 radical (unpaired) electrons. The van der Waals surface area contributed by atoms with E-state index in [9.17, 15) is 29.1 Å². The van der Waals surface area contributed by atoms with Crippen LogP contribution in [0.4, 0.5) is 14.7 Å². The van der Waals surface area contributed by atoms with Gasteiger partial charge in [0, 0.05) is 11.9 Å². The molecule has 1 aromatic heterocycles. The second-order valence-electron chi connectivity index (χ2n) is 12.0. The number of carbonyl (C=O) groups is 5. The molecule has 2 aromatic rings. The summed E-state index contributed by atoms with van der Waals surface area (Å²) in [5.74, 6) is -2.76. The highest BCUT2D eigenvalue weighted by Crippen LogP contribution is 2.21. The minimum atomic E-state index is -1.81. The molecule has 0 bridgehead atoms. The van der Waals surface area contributed by atoms with Crippen LogP contribution in [0.1, 0.15) is 45.9 Å². The number of oxime groups is 1. The highest BCUT2D eigenvalue weighted by molar-refractivity contribution is 7.14. The summed E-state index contributed by atoms with van der Waals surface area (Å²) in [5, 5.41) is 22.3. The molecule has 16 nitrogen and oxygen atoms in total. The van der Waals surface area contributed by atoms with E-state index in [0.717, 1.165) is 16.9 Å². The number of rotatable bonds is 13. The fourth-order valence-electron chi connectivity index (χ4n) is 4.13. The number of cyclic esters (lactones) is 1. The second kappa shape index (κ2) is 14.1. The molecule has 4 rings (SSSR count). The van der Waals surface area contributed by atoms with E-state index in [2.05, 4.69) is 26.1 Å². The summed E-state index contributed by atoms with van der Waals surface area (Å²) in [5.41, 5.74) is -2.11. The Morgan fingerprint density at radius 1 is 1.17 bits per heavy atom. The molecule has 17 heteroatoms. The summed E-state index contributed by atoms with van der Waals surface area (Å²) in [4.78, 5) is 72.9. The number of aliphatic carboxylic acids is 1. The van der Waals surface area contributed by atoms with Crippen molar-refractivity contribution in [2.75, 3.05) is 25.0 Å². The lowest BCUT2D eigenvalue weighted by Crippen LogP contribution is -2.72. The first kappa shape index (κ1) is 34.1. The van der Waals surface area contributed by atoms with Crippen molar-refractivity contribution in [1.29, 1.82) is 0 Å². The van der Waals surface area contributed by atoms with Crippen LogP contribution in [-0.2, 0) is 40.0 Å². The van der Waals surface area contributed by atoms with Crippen molar-refractivity contribution in [3.63, 3.8) is 0 Å². The number of amides is 4. The summed E-state index contributed by atoms with van der Waals surface area (Å²) in [6.07, 6.45) is -1.88. The molecule has 0 spiro atoms. The highest BCUT2D eigenvalue weighted by atomic mass is 32.1. The SMILES string of the molecule is CC(C)(C)OC(=O)Nc1nc(C(=NOC(C)(C)C(=O)O)C(=O)N[C@@H]2C(=O)N[C@@H]2CN2C[C@H](COCc3ccccc3)OC2=O)cs1. The fourth-order valence-corrected chi connectivity index (χ4v) is 4.81. The van der Waals surface area contributed by atoms with Crippen molar-refractivity contribution in [2.45, 2.75) is 70.6 Å². The quantitative estimate of drug-likeness (QED) is 0.139. The molecule has 0 aliphatic carbocycles. The molecule has 2 saturated heterocycles. The molecule has 3 heterocycles. The zero-order valence-corrected chi connectivity index (χ0v) is 26.7. The number of hydrogen-bond donors (Lipinski definition) is 4. The number of nitrogens with one attached hydrogen (secondary N) is 3. The van der Waals surface area contributed by atoms with E-state index in [1.807, 2.05) is 30.3 Å². The lowest BCUT2D eigenvalue weighted by atomic mass is 9.98. The Morgan fingerprint density at radius 2 is 1.89 bits per heavy atom. The topological polar surface area (TPSA) is 207 Å². The fraction of sp³-hybridized carbons (Fsp3) is 0.483. The zero-order chi connectivity index (χ0) is 33.6. The minimum absolute atomic E-state index is 0.0420. The third kappa shape index (κ3) is 9.13. The van der Waals surface area contributed by atoms with E-state index in [-0.39, 0.29) is 30.5 Å². The van der Waals surface area contributed by atoms with Gasteiger partial charge >= 0.3 is 18.2 Å². The maximum atomic E-state index is 13.4. The van der Waals surface area contributed by atoms with Crippen LogP contribution in [0.3, 0.4) is 0 Å². The molecule has 0 saturated carbocycles. The smallest absolute Gasteiger partial charge is 0.413 e. The van der Waals surface area contributed by atoms with E-state index in [1.54, 1.807) is 20.8 Å². The van der Waals surface area contributed by atoms with E-state index >= 15 is 0 Å². The Bertz CT molecular complexity index is 1490. The lowest BCUT2D eigenvalue weighted by molar-refractivity contribution is -0.161. The molecule has 2 fully saturated rings. The maximum Gasteiger partial charge on any atom is 0.413 e. The van der Waals surface area contributed by atoms with Crippen LogP contribution >= 0.6 is 11.3 Å². The van der Waals surface area contributed by atoms with Crippen LogP contribution in [0, 0.1) is 0 Å². The number of benzene rings is 1. The Balaban J connectivity index is 1.39. The van der Waals surface area contributed by atoms with Gasteiger partial charge in [-0.2, -0.15) is 0 Å². The molecular formula is C29H36N6O10S. The van der Waals surface area contributed by atoms with Crippen molar-refractivity contribution in [3.05, 3.63) is 47.0 Å².